The summed E-state index contributed by atoms with van der Waals surface area (Å²) in [6.45, 7) is 1.62. The zero-order chi connectivity index (χ0) is 16.9. The number of benzene rings is 1. The highest BCUT2D eigenvalue weighted by Crippen LogP contribution is 2.35. The van der Waals surface area contributed by atoms with Crippen LogP contribution in [0.4, 0.5) is 0 Å². The first kappa shape index (κ1) is 16.6. The molecule has 0 saturated carbocycles. The summed E-state index contributed by atoms with van der Waals surface area (Å²) in [5.74, 6) is -0.0332. The summed E-state index contributed by atoms with van der Waals surface area (Å²) in [6.07, 6.45) is 2.36. The first-order chi connectivity index (χ1) is 11.7. The number of amides is 2. The Morgan fingerprint density at radius 3 is 2.67 bits per heavy atom. The number of nitrogens with one attached hydrogen (secondary N) is 1. The van der Waals surface area contributed by atoms with Crippen LogP contribution in [0.15, 0.2) is 40.9 Å². The van der Waals surface area contributed by atoms with Gasteiger partial charge in [0.15, 0.2) is 0 Å². The summed E-state index contributed by atoms with van der Waals surface area (Å²) in [7, 11) is 0. The van der Waals surface area contributed by atoms with Crippen LogP contribution in [0.3, 0.4) is 0 Å². The molecule has 2 heterocycles. The number of thioether (sulfide) groups is 1. The maximum Gasteiger partial charge on any atom is 0.232 e. The molecule has 5 nitrogen and oxygen atoms in total. The van der Waals surface area contributed by atoms with Gasteiger partial charge in [-0.05, 0) is 18.4 Å². The highest BCUT2D eigenvalue weighted by Gasteiger charge is 2.30. The molecular weight excluding hydrogens is 322 g/mol. The molecular formula is C18H19N3O2S. The van der Waals surface area contributed by atoms with Crippen LogP contribution in [0.25, 0.3) is 0 Å². The topological polar surface area (TPSA) is 73.2 Å². The Kier molecular flexibility index (Phi) is 5.21. The molecule has 0 unspecified atom stereocenters. The summed E-state index contributed by atoms with van der Waals surface area (Å²) in [6, 6.07) is 11.8. The summed E-state index contributed by atoms with van der Waals surface area (Å²) in [4.78, 5) is 26.1. The van der Waals surface area contributed by atoms with E-state index in [1.54, 1.807) is 0 Å². The van der Waals surface area contributed by atoms with Crippen LogP contribution in [0.2, 0.25) is 0 Å². The number of allylic oxidation sites excluding steroid dienone is 1. The molecule has 1 saturated heterocycles. The number of likely N-dealkylation sites (tertiary alicyclic amines) is 1. The fourth-order valence-electron chi connectivity index (χ4n) is 3.09. The number of carbonyl (C=O) groups is 2. The Morgan fingerprint density at radius 1 is 1.29 bits per heavy atom. The zero-order valence-electron chi connectivity index (χ0n) is 13.3. The minimum absolute atomic E-state index is 0.0679. The van der Waals surface area contributed by atoms with E-state index in [9.17, 15) is 14.9 Å². The fraction of sp³-hybridized carbons (Fsp3) is 0.389. The third kappa shape index (κ3) is 3.62. The minimum Gasteiger partial charge on any atom is -0.342 e. The minimum atomic E-state index is -0.241. The quantitative estimate of drug-likeness (QED) is 0.912. The normalized spacial score (nSPS) is 20.7. The van der Waals surface area contributed by atoms with E-state index in [1.807, 2.05) is 35.2 Å². The van der Waals surface area contributed by atoms with E-state index in [0.29, 0.717) is 10.6 Å². The number of nitriles is 1. The Hall–Kier alpha value is -2.26. The van der Waals surface area contributed by atoms with Gasteiger partial charge >= 0.3 is 0 Å². The van der Waals surface area contributed by atoms with Gasteiger partial charge in [0.1, 0.15) is 0 Å². The average Bonchev–Trinajstić information content (AvgIpc) is 3.14. The lowest BCUT2D eigenvalue weighted by molar-refractivity contribution is -0.127. The molecule has 2 aliphatic rings. The van der Waals surface area contributed by atoms with Crippen LogP contribution in [0.1, 0.15) is 30.7 Å². The molecule has 3 rings (SSSR count). The van der Waals surface area contributed by atoms with Gasteiger partial charge in [-0.15, -0.1) is 0 Å². The van der Waals surface area contributed by atoms with Crippen LogP contribution in [-0.4, -0.2) is 35.6 Å². The molecule has 24 heavy (non-hydrogen) atoms. The summed E-state index contributed by atoms with van der Waals surface area (Å²) < 4.78 is 0. The predicted molar refractivity (Wildman–Crippen MR) is 92.9 cm³/mol. The number of carbonyl (C=O) groups excluding carboxylic acids is 2. The van der Waals surface area contributed by atoms with Crippen LogP contribution in [-0.2, 0) is 9.59 Å². The number of rotatable bonds is 4. The van der Waals surface area contributed by atoms with Crippen molar-refractivity contribution in [3.63, 3.8) is 0 Å². The SMILES string of the molecule is N#CC1=C(SCC(=O)N2CCCC2)NC(=O)C[C@@H]1c1ccccc1. The van der Waals surface area contributed by atoms with E-state index < -0.39 is 0 Å². The second kappa shape index (κ2) is 7.54. The van der Waals surface area contributed by atoms with Crippen molar-refractivity contribution >= 4 is 23.6 Å². The standard InChI is InChI=1S/C18H19N3O2S/c19-11-15-14(13-6-2-1-3-7-13)10-16(22)20-18(15)24-12-17(23)21-8-4-5-9-21/h1-3,6-7,14H,4-5,8-10,12H2,(H,20,22)/t14-/m1/s1. The molecule has 0 spiro atoms. The Labute approximate surface area is 145 Å². The number of nitrogens with zero attached hydrogens (tertiary/aromatic N) is 2. The van der Waals surface area contributed by atoms with Crippen LogP contribution in [0, 0.1) is 11.3 Å². The third-order valence-corrected chi connectivity index (χ3v) is 5.36. The molecule has 6 heteroatoms. The maximum absolute atomic E-state index is 12.2. The molecule has 0 aliphatic carbocycles. The maximum atomic E-state index is 12.2. The summed E-state index contributed by atoms with van der Waals surface area (Å²) >= 11 is 1.26. The average molecular weight is 341 g/mol. The number of hydrogen-bond donors (Lipinski definition) is 1. The van der Waals surface area contributed by atoms with Gasteiger partial charge in [-0.25, -0.2) is 0 Å². The highest BCUT2D eigenvalue weighted by molar-refractivity contribution is 8.03. The third-order valence-electron chi connectivity index (χ3n) is 4.36. The largest absolute Gasteiger partial charge is 0.342 e. The first-order valence-corrected chi connectivity index (χ1v) is 9.07. The van der Waals surface area contributed by atoms with Gasteiger partial charge in [-0.1, -0.05) is 42.1 Å². The van der Waals surface area contributed by atoms with Crippen molar-refractivity contribution in [2.75, 3.05) is 18.8 Å². The lowest BCUT2D eigenvalue weighted by atomic mass is 9.87. The van der Waals surface area contributed by atoms with Crippen LogP contribution in [0.5, 0.6) is 0 Å². The van der Waals surface area contributed by atoms with E-state index in [0.717, 1.165) is 31.5 Å². The van der Waals surface area contributed by atoms with Gasteiger partial charge in [0, 0.05) is 25.4 Å². The lowest BCUT2D eigenvalue weighted by Gasteiger charge is -2.25. The fourth-order valence-corrected chi connectivity index (χ4v) is 4.07. The van der Waals surface area contributed by atoms with Crippen molar-refractivity contribution in [3.8, 4) is 6.07 Å². The second-order valence-corrected chi connectivity index (χ2v) is 6.93. The molecule has 0 aromatic heterocycles. The van der Waals surface area contributed by atoms with Gasteiger partial charge in [0.05, 0.1) is 22.4 Å². The Balaban J connectivity index is 1.78. The Morgan fingerprint density at radius 2 is 2.00 bits per heavy atom. The highest BCUT2D eigenvalue weighted by atomic mass is 32.2. The van der Waals surface area contributed by atoms with Crippen LogP contribution < -0.4 is 5.32 Å². The van der Waals surface area contributed by atoms with E-state index >= 15 is 0 Å². The number of hydrogen-bond acceptors (Lipinski definition) is 4. The predicted octanol–water partition coefficient (Wildman–Crippen LogP) is 2.38. The molecule has 1 aromatic rings. The van der Waals surface area contributed by atoms with Crippen molar-refractivity contribution in [1.82, 2.24) is 10.2 Å². The van der Waals surface area contributed by atoms with Crippen molar-refractivity contribution in [3.05, 3.63) is 46.5 Å². The smallest absolute Gasteiger partial charge is 0.232 e. The lowest BCUT2D eigenvalue weighted by Crippen LogP contribution is -2.33. The van der Waals surface area contributed by atoms with Crippen molar-refractivity contribution in [1.29, 1.82) is 5.26 Å². The summed E-state index contributed by atoms with van der Waals surface area (Å²) in [5, 5.41) is 12.9. The van der Waals surface area contributed by atoms with Crippen molar-refractivity contribution in [2.24, 2.45) is 0 Å². The zero-order valence-corrected chi connectivity index (χ0v) is 14.1. The van der Waals surface area contributed by atoms with E-state index in [4.69, 9.17) is 0 Å². The van der Waals surface area contributed by atoms with E-state index in [-0.39, 0.29) is 29.9 Å². The van der Waals surface area contributed by atoms with E-state index in [2.05, 4.69) is 11.4 Å². The van der Waals surface area contributed by atoms with Gasteiger partial charge in [-0.3, -0.25) is 9.59 Å². The van der Waals surface area contributed by atoms with Crippen LogP contribution >= 0.6 is 11.8 Å². The molecule has 124 valence electrons. The molecule has 1 N–H and O–H groups in total. The van der Waals surface area contributed by atoms with Gasteiger partial charge in [-0.2, -0.15) is 5.26 Å². The van der Waals surface area contributed by atoms with Crippen molar-refractivity contribution < 1.29 is 9.59 Å². The van der Waals surface area contributed by atoms with Gasteiger partial charge in [0.25, 0.3) is 0 Å². The molecule has 1 fully saturated rings. The molecule has 0 bridgehead atoms. The summed E-state index contributed by atoms with van der Waals surface area (Å²) in [5.41, 5.74) is 1.49. The second-order valence-electron chi connectivity index (χ2n) is 5.95. The molecule has 2 amide bonds. The van der Waals surface area contributed by atoms with Crippen molar-refractivity contribution in [2.45, 2.75) is 25.2 Å². The molecule has 1 aromatic carbocycles. The Bertz CT molecular complexity index is 703. The molecule has 0 radical (unpaired) electrons. The molecule has 1 atom stereocenters. The molecule has 2 aliphatic heterocycles. The van der Waals surface area contributed by atoms with E-state index in [1.165, 1.54) is 11.8 Å². The monoisotopic (exact) mass is 341 g/mol. The van der Waals surface area contributed by atoms with Gasteiger partial charge in [0.2, 0.25) is 11.8 Å². The van der Waals surface area contributed by atoms with Gasteiger partial charge < -0.3 is 10.2 Å². The first-order valence-electron chi connectivity index (χ1n) is 8.08.